The molecule has 0 atom stereocenters. The van der Waals surface area contributed by atoms with Crippen LogP contribution in [0.15, 0.2) is 40.3 Å². The molecule has 0 radical (unpaired) electrons. The number of hydrogen-bond donors (Lipinski definition) is 0. The SMILES string of the molecule is CN=C(N=C(C)C)c1ccccc1. The second-order valence-electron chi connectivity index (χ2n) is 2.97. The average Bonchev–Trinajstić information content (AvgIpc) is 2.15. The summed E-state index contributed by atoms with van der Waals surface area (Å²) in [6.07, 6.45) is 0. The molecule has 2 heteroatoms. The van der Waals surface area contributed by atoms with E-state index < -0.39 is 0 Å². The quantitative estimate of drug-likeness (QED) is 0.461. The molecule has 0 saturated carbocycles. The molecule has 0 aliphatic heterocycles. The van der Waals surface area contributed by atoms with Gasteiger partial charge in [-0.05, 0) is 13.8 Å². The van der Waals surface area contributed by atoms with Crippen molar-refractivity contribution >= 4 is 11.5 Å². The third-order valence-electron chi connectivity index (χ3n) is 1.57. The lowest BCUT2D eigenvalue weighted by Gasteiger charge is -1.99. The molecule has 1 aromatic rings. The summed E-state index contributed by atoms with van der Waals surface area (Å²) in [6.45, 7) is 3.93. The van der Waals surface area contributed by atoms with Crippen molar-refractivity contribution < 1.29 is 0 Å². The minimum atomic E-state index is 0.792. The standard InChI is InChI=1S/C11H14N2/c1-9(2)13-11(12-3)10-7-5-4-6-8-10/h4-8H,1-3H3. The topological polar surface area (TPSA) is 24.7 Å². The van der Waals surface area contributed by atoms with Crippen LogP contribution in [0.25, 0.3) is 0 Å². The van der Waals surface area contributed by atoms with Crippen molar-refractivity contribution in [2.24, 2.45) is 9.98 Å². The zero-order valence-electron chi connectivity index (χ0n) is 8.28. The van der Waals surface area contributed by atoms with Crippen LogP contribution < -0.4 is 0 Å². The smallest absolute Gasteiger partial charge is 0.154 e. The lowest BCUT2D eigenvalue weighted by atomic mass is 10.2. The van der Waals surface area contributed by atoms with E-state index >= 15 is 0 Å². The minimum Gasteiger partial charge on any atom is -0.270 e. The highest BCUT2D eigenvalue weighted by Gasteiger charge is 1.97. The van der Waals surface area contributed by atoms with Crippen molar-refractivity contribution in [3.8, 4) is 0 Å². The molecule has 0 N–H and O–H groups in total. The van der Waals surface area contributed by atoms with Gasteiger partial charge in [0.05, 0.1) is 0 Å². The Hall–Kier alpha value is -1.44. The molecule has 0 spiro atoms. The van der Waals surface area contributed by atoms with E-state index in [0.717, 1.165) is 17.1 Å². The highest BCUT2D eigenvalue weighted by molar-refractivity contribution is 6.05. The van der Waals surface area contributed by atoms with Crippen LogP contribution in [0, 0.1) is 0 Å². The van der Waals surface area contributed by atoms with Crippen LogP contribution >= 0.6 is 0 Å². The largest absolute Gasteiger partial charge is 0.270 e. The molecule has 1 aromatic carbocycles. The van der Waals surface area contributed by atoms with Gasteiger partial charge in [0.15, 0.2) is 5.84 Å². The van der Waals surface area contributed by atoms with Crippen molar-refractivity contribution in [2.45, 2.75) is 13.8 Å². The zero-order valence-corrected chi connectivity index (χ0v) is 8.28. The maximum absolute atomic E-state index is 4.33. The van der Waals surface area contributed by atoms with Crippen molar-refractivity contribution in [3.05, 3.63) is 35.9 Å². The monoisotopic (exact) mass is 174 g/mol. The highest BCUT2D eigenvalue weighted by atomic mass is 14.9. The fraction of sp³-hybridized carbons (Fsp3) is 0.273. The number of rotatable bonds is 1. The Morgan fingerprint density at radius 1 is 1.08 bits per heavy atom. The van der Waals surface area contributed by atoms with Gasteiger partial charge in [-0.3, -0.25) is 4.99 Å². The molecule has 0 bridgehead atoms. The van der Waals surface area contributed by atoms with Crippen LogP contribution in [-0.2, 0) is 0 Å². The molecule has 0 aliphatic rings. The van der Waals surface area contributed by atoms with Gasteiger partial charge >= 0.3 is 0 Å². The Balaban J connectivity index is 3.00. The van der Waals surface area contributed by atoms with Gasteiger partial charge < -0.3 is 0 Å². The normalized spacial score (nSPS) is 11.2. The Kier molecular flexibility index (Phi) is 3.38. The molecule has 1 rings (SSSR count). The van der Waals surface area contributed by atoms with Gasteiger partial charge in [-0.25, -0.2) is 4.99 Å². The summed E-state index contributed by atoms with van der Waals surface area (Å²) in [5, 5.41) is 0. The van der Waals surface area contributed by atoms with Crippen LogP contribution in [0.4, 0.5) is 0 Å². The van der Waals surface area contributed by atoms with E-state index in [1.807, 2.05) is 44.2 Å². The van der Waals surface area contributed by atoms with E-state index in [1.165, 1.54) is 0 Å². The van der Waals surface area contributed by atoms with Crippen molar-refractivity contribution in [1.82, 2.24) is 0 Å². The van der Waals surface area contributed by atoms with Gasteiger partial charge in [0.1, 0.15) is 0 Å². The predicted octanol–water partition coefficient (Wildman–Crippen LogP) is 2.54. The average molecular weight is 174 g/mol. The molecule has 0 unspecified atom stereocenters. The summed E-state index contributed by atoms with van der Waals surface area (Å²) in [7, 11) is 1.76. The fourth-order valence-electron chi connectivity index (χ4n) is 1.04. The molecule has 2 nitrogen and oxygen atoms in total. The summed E-state index contributed by atoms with van der Waals surface area (Å²) < 4.78 is 0. The summed E-state index contributed by atoms with van der Waals surface area (Å²) in [6, 6.07) is 9.98. The lowest BCUT2D eigenvalue weighted by Crippen LogP contribution is -1.99. The van der Waals surface area contributed by atoms with E-state index in [2.05, 4.69) is 9.98 Å². The summed E-state index contributed by atoms with van der Waals surface area (Å²) in [4.78, 5) is 8.46. The summed E-state index contributed by atoms with van der Waals surface area (Å²) in [5.74, 6) is 0.792. The van der Waals surface area contributed by atoms with Gasteiger partial charge in [-0.2, -0.15) is 0 Å². The number of aliphatic imine (C=N–C) groups is 2. The molecule has 0 amide bonds. The molecular formula is C11H14N2. The second-order valence-corrected chi connectivity index (χ2v) is 2.97. The van der Waals surface area contributed by atoms with Gasteiger partial charge in [-0.15, -0.1) is 0 Å². The van der Waals surface area contributed by atoms with Crippen LogP contribution in [-0.4, -0.2) is 18.6 Å². The van der Waals surface area contributed by atoms with Crippen molar-refractivity contribution in [2.75, 3.05) is 7.05 Å². The maximum Gasteiger partial charge on any atom is 0.154 e. The molecule has 0 saturated heterocycles. The van der Waals surface area contributed by atoms with Crippen molar-refractivity contribution in [3.63, 3.8) is 0 Å². The predicted molar refractivity (Wildman–Crippen MR) is 57.7 cm³/mol. The van der Waals surface area contributed by atoms with E-state index in [1.54, 1.807) is 7.05 Å². The Morgan fingerprint density at radius 3 is 2.15 bits per heavy atom. The number of nitrogens with zero attached hydrogens (tertiary/aromatic N) is 2. The van der Waals surface area contributed by atoms with E-state index in [0.29, 0.717) is 0 Å². The van der Waals surface area contributed by atoms with Crippen LogP contribution in [0.2, 0.25) is 0 Å². The maximum atomic E-state index is 4.33. The van der Waals surface area contributed by atoms with Crippen molar-refractivity contribution in [1.29, 1.82) is 0 Å². The van der Waals surface area contributed by atoms with Gasteiger partial charge in [-0.1, -0.05) is 30.3 Å². The Bertz CT molecular complexity index is 319. The zero-order chi connectivity index (χ0) is 9.68. The molecule has 0 aliphatic carbocycles. The Labute approximate surface area is 79.0 Å². The van der Waals surface area contributed by atoms with E-state index in [9.17, 15) is 0 Å². The first kappa shape index (κ1) is 9.65. The lowest BCUT2D eigenvalue weighted by molar-refractivity contribution is 1.38. The molecule has 0 aromatic heterocycles. The molecular weight excluding hydrogens is 160 g/mol. The minimum absolute atomic E-state index is 0.792. The third-order valence-corrected chi connectivity index (χ3v) is 1.57. The van der Waals surface area contributed by atoms with Gasteiger partial charge in [0.2, 0.25) is 0 Å². The second kappa shape index (κ2) is 4.55. The molecule has 68 valence electrons. The highest BCUT2D eigenvalue weighted by Crippen LogP contribution is 2.02. The van der Waals surface area contributed by atoms with Crippen LogP contribution in [0.1, 0.15) is 19.4 Å². The first-order valence-corrected chi connectivity index (χ1v) is 4.28. The van der Waals surface area contributed by atoms with E-state index in [-0.39, 0.29) is 0 Å². The number of amidine groups is 1. The molecule has 0 fully saturated rings. The Morgan fingerprint density at radius 2 is 1.69 bits per heavy atom. The summed E-state index contributed by atoms with van der Waals surface area (Å²) >= 11 is 0. The first-order chi connectivity index (χ1) is 6.24. The van der Waals surface area contributed by atoms with Crippen LogP contribution in [0.5, 0.6) is 0 Å². The van der Waals surface area contributed by atoms with Gasteiger partial charge in [0.25, 0.3) is 0 Å². The number of benzene rings is 1. The summed E-state index contributed by atoms with van der Waals surface area (Å²) in [5.41, 5.74) is 2.08. The van der Waals surface area contributed by atoms with Crippen LogP contribution in [0.3, 0.4) is 0 Å². The van der Waals surface area contributed by atoms with Gasteiger partial charge in [0, 0.05) is 18.3 Å². The third kappa shape index (κ3) is 2.82. The van der Waals surface area contributed by atoms with E-state index in [4.69, 9.17) is 0 Å². The fourth-order valence-corrected chi connectivity index (χ4v) is 1.04. The molecule has 0 heterocycles. The molecule has 13 heavy (non-hydrogen) atoms. The first-order valence-electron chi connectivity index (χ1n) is 4.28. The number of hydrogen-bond acceptors (Lipinski definition) is 1.